The minimum absolute atomic E-state index is 0.947. The lowest BCUT2D eigenvalue weighted by atomic mass is 10.0. The summed E-state index contributed by atoms with van der Waals surface area (Å²) in [6.45, 7) is 10.6. The fourth-order valence-electron chi connectivity index (χ4n) is 7.55. The van der Waals surface area contributed by atoms with Gasteiger partial charge in [0.2, 0.25) is 0 Å². The smallest absolute Gasteiger partial charge is 0.0925 e. The summed E-state index contributed by atoms with van der Waals surface area (Å²) in [7, 11) is 0. The van der Waals surface area contributed by atoms with Crippen molar-refractivity contribution in [2.75, 3.05) is 45.8 Å². The van der Waals surface area contributed by atoms with E-state index in [4.69, 9.17) is 0 Å². The molecule has 0 amide bonds. The molecule has 0 fully saturated rings. The highest BCUT2D eigenvalue weighted by Gasteiger charge is 2.15. The number of hydrogen-bond acceptors (Lipinski definition) is 10. The molecule has 1 aliphatic carbocycles. The Labute approximate surface area is 317 Å². The van der Waals surface area contributed by atoms with Crippen LogP contribution in [0.2, 0.25) is 0 Å². The summed E-state index contributed by atoms with van der Waals surface area (Å²) in [5.41, 5.74) is 15.8. The van der Waals surface area contributed by atoms with Crippen molar-refractivity contribution in [1.29, 1.82) is 0 Å². The molecule has 0 saturated heterocycles. The third kappa shape index (κ3) is 10.8. The standard InChI is InChI=1S/2C7H10N2.C7H9NS.C7H9N.2C6H9N3/c1-4-9-7-2-3-8-5-6(1)7;1-2-8-4-7-5-9-3-6(1)7;1-2-4-7-6(3-1)8-5-9-7;1-3-7-4-2-6-8(7)5-1;1-2-7-3-5-4-8-9-6(1)5;1-2-7-3-6-5(1)8-4-9-6/h4,8H,1-3,5H2;3,8H,1-2,4-5H2;5H,1-4H2;1,3,5H,2,4,6H2;2*4,7H,1-3H2,(H,8,9). The van der Waals surface area contributed by atoms with E-state index in [0.29, 0.717) is 0 Å². The van der Waals surface area contributed by atoms with Gasteiger partial charge >= 0.3 is 0 Å². The van der Waals surface area contributed by atoms with Crippen LogP contribution in [0.5, 0.6) is 0 Å². The number of nitrogens with one attached hydrogen (secondary N) is 6. The van der Waals surface area contributed by atoms with E-state index in [-0.39, 0.29) is 0 Å². The molecule has 0 atom stereocenters. The molecule has 0 saturated carbocycles. The van der Waals surface area contributed by atoms with Crippen molar-refractivity contribution in [3.63, 3.8) is 0 Å². The van der Waals surface area contributed by atoms with Gasteiger partial charge in [-0.25, -0.2) is 9.97 Å². The lowest BCUT2D eigenvalue weighted by Crippen LogP contribution is -2.24. The molecule has 11 heterocycles. The topological polar surface area (TPSA) is 148 Å². The molecule has 53 heavy (non-hydrogen) atoms. The number of thiazole rings is 1. The van der Waals surface area contributed by atoms with E-state index in [2.05, 4.69) is 79.3 Å². The first-order valence-electron chi connectivity index (χ1n) is 19.6. The van der Waals surface area contributed by atoms with Crippen LogP contribution in [-0.2, 0) is 51.7 Å². The molecular weight excluding hydrogens is 681 g/mol. The highest BCUT2D eigenvalue weighted by molar-refractivity contribution is 7.09. The van der Waals surface area contributed by atoms with Gasteiger partial charge in [0.15, 0.2) is 0 Å². The summed E-state index contributed by atoms with van der Waals surface area (Å²) in [4.78, 5) is 21.5. The van der Waals surface area contributed by atoms with E-state index in [1.165, 1.54) is 113 Å². The number of nitrogens with zero attached hydrogens (tertiary/aromatic N) is 6. The molecule has 7 aliphatic heterocycles. The summed E-state index contributed by atoms with van der Waals surface area (Å²) in [6, 6.07) is 4.32. The maximum Gasteiger partial charge on any atom is 0.0925 e. The Balaban J connectivity index is 0.0000000986. The van der Waals surface area contributed by atoms with Gasteiger partial charge in [0.1, 0.15) is 0 Å². The van der Waals surface area contributed by atoms with E-state index in [1.807, 2.05) is 35.5 Å². The Kier molecular flexibility index (Phi) is 14.0. The minimum atomic E-state index is 0.947. The number of rotatable bonds is 0. The van der Waals surface area contributed by atoms with Gasteiger partial charge in [0, 0.05) is 124 Å². The van der Waals surface area contributed by atoms with Gasteiger partial charge in [-0.2, -0.15) is 5.10 Å². The van der Waals surface area contributed by atoms with Crippen LogP contribution in [0, 0.1) is 0 Å². The molecule has 4 aromatic heterocycles. The first kappa shape index (κ1) is 37.3. The van der Waals surface area contributed by atoms with Crippen molar-refractivity contribution in [3.05, 3.63) is 97.7 Å². The lowest BCUT2D eigenvalue weighted by Gasteiger charge is -2.12. The molecule has 13 heteroatoms. The zero-order valence-electron chi connectivity index (χ0n) is 31.1. The fourth-order valence-corrected chi connectivity index (χ4v) is 8.41. The second-order valence-electron chi connectivity index (χ2n) is 14.3. The number of hydrogen-bond donors (Lipinski definition) is 6. The Bertz CT molecular complexity index is 1620. The third-order valence-electron chi connectivity index (χ3n) is 10.6. The summed E-state index contributed by atoms with van der Waals surface area (Å²) in [5.74, 6) is 0. The monoisotopic (exact) mass is 736 g/mol. The summed E-state index contributed by atoms with van der Waals surface area (Å²) in [5, 5.41) is 20.1. The van der Waals surface area contributed by atoms with Crippen molar-refractivity contribution in [2.24, 2.45) is 9.98 Å². The van der Waals surface area contributed by atoms with Gasteiger partial charge in [0.05, 0.1) is 41.7 Å². The summed E-state index contributed by atoms with van der Waals surface area (Å²) in [6.07, 6.45) is 23.2. The highest BCUT2D eigenvalue weighted by atomic mass is 32.1. The molecule has 6 N–H and O–H groups in total. The van der Waals surface area contributed by atoms with E-state index in [0.717, 1.165) is 84.6 Å². The zero-order chi connectivity index (χ0) is 35.9. The van der Waals surface area contributed by atoms with Gasteiger partial charge in [-0.05, 0) is 80.3 Å². The molecule has 0 bridgehead atoms. The average Bonchev–Trinajstić information content (AvgIpc) is 4.07. The van der Waals surface area contributed by atoms with Crippen LogP contribution in [0.1, 0.15) is 77.4 Å². The van der Waals surface area contributed by atoms with Crippen molar-refractivity contribution >= 4 is 23.8 Å². The molecule has 0 unspecified atom stereocenters. The van der Waals surface area contributed by atoms with E-state index in [1.54, 1.807) is 6.33 Å². The van der Waals surface area contributed by atoms with Crippen LogP contribution in [0.25, 0.3) is 0 Å². The summed E-state index contributed by atoms with van der Waals surface area (Å²) < 4.78 is 2.32. The molecular formula is C40H56N12S. The number of aliphatic imine (C=N–C) groups is 2. The molecule has 12 rings (SSSR count). The number of fused-ring (bicyclic) bond motifs is 4. The molecule has 0 radical (unpaired) electrons. The molecule has 0 spiro atoms. The van der Waals surface area contributed by atoms with Gasteiger partial charge in [-0.1, -0.05) is 0 Å². The predicted octanol–water partition coefficient (Wildman–Crippen LogP) is 4.64. The second kappa shape index (κ2) is 19.9. The first-order valence-corrected chi connectivity index (χ1v) is 20.5. The van der Waals surface area contributed by atoms with E-state index < -0.39 is 0 Å². The third-order valence-corrected chi connectivity index (χ3v) is 11.6. The van der Waals surface area contributed by atoms with Crippen LogP contribution in [0.4, 0.5) is 0 Å². The van der Waals surface area contributed by atoms with Crippen LogP contribution < -0.4 is 21.3 Å². The molecule has 12 nitrogen and oxygen atoms in total. The first-order chi connectivity index (χ1) is 26.3. The highest BCUT2D eigenvalue weighted by Crippen LogP contribution is 2.23. The number of aromatic nitrogens is 6. The number of aryl methyl sites for hydroxylation is 4. The maximum absolute atomic E-state index is 4.28. The van der Waals surface area contributed by atoms with Crippen LogP contribution in [-0.4, -0.2) is 88.0 Å². The van der Waals surface area contributed by atoms with Gasteiger partial charge in [0.25, 0.3) is 0 Å². The van der Waals surface area contributed by atoms with Crippen molar-refractivity contribution < 1.29 is 0 Å². The van der Waals surface area contributed by atoms with E-state index in [9.17, 15) is 0 Å². The average molecular weight is 737 g/mol. The minimum Gasteiger partial charge on any atom is -0.351 e. The van der Waals surface area contributed by atoms with Crippen molar-refractivity contribution in [2.45, 2.75) is 90.3 Å². The predicted molar refractivity (Wildman–Crippen MR) is 215 cm³/mol. The van der Waals surface area contributed by atoms with E-state index >= 15 is 0 Å². The normalized spacial score (nSPS) is 19.8. The van der Waals surface area contributed by atoms with Crippen LogP contribution in [0.3, 0.4) is 0 Å². The second-order valence-corrected chi connectivity index (χ2v) is 15.2. The van der Waals surface area contributed by atoms with Gasteiger partial charge < -0.3 is 30.8 Å². The van der Waals surface area contributed by atoms with Crippen molar-refractivity contribution in [3.8, 4) is 0 Å². The zero-order valence-corrected chi connectivity index (χ0v) is 31.9. The van der Waals surface area contributed by atoms with Crippen LogP contribution in [0.15, 0.2) is 68.8 Å². The van der Waals surface area contributed by atoms with Crippen LogP contribution >= 0.6 is 11.3 Å². The largest absolute Gasteiger partial charge is 0.351 e. The van der Waals surface area contributed by atoms with Gasteiger partial charge in [-0.3, -0.25) is 15.1 Å². The van der Waals surface area contributed by atoms with Gasteiger partial charge in [-0.15, -0.1) is 11.3 Å². The molecule has 8 aliphatic rings. The Morgan fingerprint density at radius 2 is 1.58 bits per heavy atom. The Morgan fingerprint density at radius 1 is 0.736 bits per heavy atom. The number of aromatic amines is 2. The Morgan fingerprint density at radius 3 is 2.45 bits per heavy atom. The quantitative estimate of drug-likeness (QED) is 0.154. The number of H-pyrrole nitrogens is 2. The maximum atomic E-state index is 4.28. The lowest BCUT2D eigenvalue weighted by molar-refractivity contribution is 0.627. The van der Waals surface area contributed by atoms with Crippen molar-refractivity contribution in [1.82, 2.24) is 51.0 Å². The molecule has 4 aromatic rings. The summed E-state index contributed by atoms with van der Waals surface area (Å²) >= 11 is 1.81. The number of imidazole rings is 1. The SMILES string of the molecule is C1=NC2=C(C1)CNCC2.C1=NCC2=C1CCNC2.c1cc2n(c1)CCC2.c1n[nH]c2c1CNCC2.c1nc2c([nH]1)CNCC2.c1nc2c(s1)CCCC2. The Hall–Kier alpha value is -4.01. The molecule has 282 valence electrons. The fraction of sp³-hybridized carbons (Fsp3) is 0.525. The molecule has 0 aromatic carbocycles.